The zero-order valence-corrected chi connectivity index (χ0v) is 20.3. The fourth-order valence-corrected chi connectivity index (χ4v) is 5.70. The molecule has 0 radical (unpaired) electrons. The summed E-state index contributed by atoms with van der Waals surface area (Å²) in [6, 6.07) is 7.35. The first-order valence-corrected chi connectivity index (χ1v) is 11.6. The molecule has 1 aromatic carbocycles. The monoisotopic (exact) mass is 489 g/mol. The zero-order valence-electron chi connectivity index (χ0n) is 18.7. The summed E-state index contributed by atoms with van der Waals surface area (Å²) < 4.78 is 14.3. The number of fused-ring (bicyclic) bond motifs is 1. The molecule has 0 spiro atoms. The topological polar surface area (TPSA) is 109 Å². The van der Waals surface area contributed by atoms with E-state index in [0.717, 1.165) is 0 Å². The van der Waals surface area contributed by atoms with E-state index in [-0.39, 0.29) is 28.3 Å². The van der Waals surface area contributed by atoms with E-state index in [2.05, 4.69) is 20.6 Å². The number of halogens is 2. The number of rotatable bonds is 4. The third-order valence-electron chi connectivity index (χ3n) is 5.82. The summed E-state index contributed by atoms with van der Waals surface area (Å²) in [7, 11) is 0. The summed E-state index contributed by atoms with van der Waals surface area (Å²) in [6.07, 6.45) is 1.89. The smallest absolute Gasteiger partial charge is 0.274 e. The molecule has 1 fully saturated rings. The molecule has 1 aliphatic heterocycles. The van der Waals surface area contributed by atoms with E-state index >= 15 is 4.39 Å². The molecule has 0 unspecified atom stereocenters. The van der Waals surface area contributed by atoms with Gasteiger partial charge in [0.2, 0.25) is 5.91 Å². The molecule has 10 heteroatoms. The minimum absolute atomic E-state index is 0.132. The number of aromatic nitrogens is 1. The van der Waals surface area contributed by atoms with E-state index in [0.29, 0.717) is 17.1 Å². The maximum absolute atomic E-state index is 15.1. The first-order chi connectivity index (χ1) is 15.3. The van der Waals surface area contributed by atoms with E-state index in [4.69, 9.17) is 17.3 Å². The molecule has 1 saturated carbocycles. The number of carbonyl (C=O) groups is 2. The van der Waals surface area contributed by atoms with Crippen molar-refractivity contribution in [3.05, 3.63) is 58.6 Å². The highest BCUT2D eigenvalue weighted by atomic mass is 35.5. The lowest BCUT2D eigenvalue weighted by Gasteiger charge is -2.35. The molecular weight excluding hydrogens is 465 g/mol. The molecule has 2 aromatic rings. The molecule has 3 atom stereocenters. The number of hydrogen-bond donors (Lipinski definition) is 3. The molecule has 2 heterocycles. The van der Waals surface area contributed by atoms with E-state index in [9.17, 15) is 9.59 Å². The summed E-state index contributed by atoms with van der Waals surface area (Å²) in [4.78, 5) is 34.2. The van der Waals surface area contributed by atoms with Gasteiger partial charge in [-0.3, -0.25) is 14.6 Å². The molecule has 0 saturated heterocycles. The lowest BCUT2D eigenvalue weighted by molar-refractivity contribution is -0.123. The van der Waals surface area contributed by atoms with Gasteiger partial charge in [-0.05, 0) is 64.4 Å². The van der Waals surface area contributed by atoms with Gasteiger partial charge in [0.05, 0.1) is 10.6 Å². The Morgan fingerprint density at radius 1 is 1.27 bits per heavy atom. The molecule has 1 aliphatic carbocycles. The van der Waals surface area contributed by atoms with Gasteiger partial charge in [-0.15, -0.1) is 0 Å². The van der Waals surface area contributed by atoms with Crippen molar-refractivity contribution in [3.63, 3.8) is 0 Å². The number of carbonyl (C=O) groups excluding carboxylic acids is 2. The van der Waals surface area contributed by atoms with E-state index in [1.54, 1.807) is 19.1 Å². The summed E-state index contributed by atoms with van der Waals surface area (Å²) in [6.45, 7) is 7.50. The number of nitrogens with two attached hydrogens (primary N) is 1. The van der Waals surface area contributed by atoms with Gasteiger partial charge in [0.25, 0.3) is 5.91 Å². The molecule has 174 valence electrons. The highest BCUT2D eigenvalue weighted by Crippen LogP contribution is 2.66. The molecule has 2 aliphatic rings. The van der Waals surface area contributed by atoms with Crippen LogP contribution in [0.15, 0.2) is 41.5 Å². The van der Waals surface area contributed by atoms with Crippen LogP contribution >= 0.6 is 23.4 Å². The molecule has 1 aromatic heterocycles. The van der Waals surface area contributed by atoms with Crippen molar-refractivity contribution in [1.82, 2.24) is 10.3 Å². The molecule has 4 N–H and O–H groups in total. The van der Waals surface area contributed by atoms with E-state index < -0.39 is 27.5 Å². The molecule has 33 heavy (non-hydrogen) atoms. The Labute approximate surface area is 200 Å². The van der Waals surface area contributed by atoms with Crippen LogP contribution in [0.1, 0.15) is 50.2 Å². The van der Waals surface area contributed by atoms with Gasteiger partial charge in [0.15, 0.2) is 5.17 Å². The van der Waals surface area contributed by atoms with Crippen molar-refractivity contribution < 1.29 is 14.0 Å². The number of nitrogens with zero attached hydrogens (tertiary/aromatic N) is 2. The van der Waals surface area contributed by atoms with Crippen LogP contribution in [0.2, 0.25) is 5.02 Å². The molecule has 4 rings (SSSR count). The van der Waals surface area contributed by atoms with Crippen molar-refractivity contribution in [3.8, 4) is 0 Å². The normalized spacial score (nSPS) is 26.1. The van der Waals surface area contributed by atoms with E-state index in [1.165, 1.54) is 36.2 Å². The van der Waals surface area contributed by atoms with Gasteiger partial charge in [0, 0.05) is 28.9 Å². The Hall–Kier alpha value is -2.65. The fourth-order valence-electron chi connectivity index (χ4n) is 4.21. The second-order valence-corrected chi connectivity index (χ2v) is 11.3. The minimum atomic E-state index is -1.06. The highest BCUT2D eigenvalue weighted by Gasteiger charge is 2.70. The quantitative estimate of drug-likeness (QED) is 0.599. The van der Waals surface area contributed by atoms with Crippen LogP contribution in [0.25, 0.3) is 0 Å². The Balaban J connectivity index is 1.64. The third-order valence-corrected chi connectivity index (χ3v) is 7.35. The van der Waals surface area contributed by atoms with Gasteiger partial charge in [-0.25, -0.2) is 9.37 Å². The Morgan fingerprint density at radius 3 is 2.64 bits per heavy atom. The number of nitrogens with one attached hydrogen (secondary N) is 2. The standard InChI is InChI=1S/C23H25ClFN5O2S/c1-21(2,3)29-19(32)23-10-17(23)22(4,30-20(26)33-23)14-9-13(6-7-15(14)25)28-18(31)16-8-5-12(24)11-27-16/h5-9,11,17H,10H2,1-4H3,(H2,26,30)(H,28,31)(H,29,32)/t17-,22+,23-/m0/s1. The average molecular weight is 490 g/mol. The SMILES string of the molecule is CC(C)(C)NC(=O)[C@]12C[C@H]1[C@@](C)(c1cc(NC(=O)c3ccc(Cl)cn3)ccc1F)N=C(N)S2. The predicted octanol–water partition coefficient (Wildman–Crippen LogP) is 4.08. The van der Waals surface area contributed by atoms with Crippen LogP contribution in [0.5, 0.6) is 0 Å². The van der Waals surface area contributed by atoms with Gasteiger partial charge in [0.1, 0.15) is 16.3 Å². The van der Waals surface area contributed by atoms with E-state index in [1.807, 2.05) is 20.8 Å². The summed E-state index contributed by atoms with van der Waals surface area (Å²) in [5.74, 6) is -1.32. The van der Waals surface area contributed by atoms with Crippen molar-refractivity contribution >= 4 is 46.0 Å². The van der Waals surface area contributed by atoms with Gasteiger partial charge >= 0.3 is 0 Å². The number of benzene rings is 1. The van der Waals surface area contributed by atoms with Crippen molar-refractivity contribution in [2.24, 2.45) is 16.6 Å². The number of aliphatic imine (C=N–C) groups is 1. The summed E-state index contributed by atoms with van der Waals surface area (Å²) in [5.41, 5.74) is 5.48. The first kappa shape index (κ1) is 23.5. The second kappa shape index (κ2) is 7.99. The first-order valence-electron chi connectivity index (χ1n) is 10.4. The van der Waals surface area contributed by atoms with Crippen molar-refractivity contribution in [2.75, 3.05) is 5.32 Å². The number of hydrogen-bond acceptors (Lipinski definition) is 6. The molecule has 7 nitrogen and oxygen atoms in total. The van der Waals surface area contributed by atoms with Crippen molar-refractivity contribution in [2.45, 2.75) is 49.9 Å². The molecule has 2 amide bonds. The minimum Gasteiger partial charge on any atom is -0.378 e. The maximum Gasteiger partial charge on any atom is 0.274 e. The van der Waals surface area contributed by atoms with Crippen molar-refractivity contribution in [1.29, 1.82) is 0 Å². The lowest BCUT2D eigenvalue weighted by atomic mass is 9.85. The van der Waals surface area contributed by atoms with Crippen LogP contribution in [0.3, 0.4) is 0 Å². The number of amides is 2. The Bertz CT molecular complexity index is 1170. The average Bonchev–Trinajstić information content (AvgIpc) is 3.45. The predicted molar refractivity (Wildman–Crippen MR) is 129 cm³/mol. The largest absolute Gasteiger partial charge is 0.378 e. The number of anilines is 1. The Morgan fingerprint density at radius 2 is 2.00 bits per heavy atom. The summed E-state index contributed by atoms with van der Waals surface area (Å²) in [5, 5.41) is 6.39. The van der Waals surface area contributed by atoms with Crippen LogP contribution in [-0.4, -0.2) is 32.3 Å². The number of amidine groups is 1. The zero-order chi connectivity index (χ0) is 24.2. The third kappa shape index (κ3) is 4.44. The fraction of sp³-hybridized carbons (Fsp3) is 0.391. The van der Waals surface area contributed by atoms with Crippen LogP contribution in [-0.2, 0) is 10.3 Å². The van der Waals surface area contributed by atoms with Gasteiger partial charge < -0.3 is 16.4 Å². The molecule has 0 bridgehead atoms. The lowest BCUT2D eigenvalue weighted by Crippen LogP contribution is -2.50. The van der Waals surface area contributed by atoms with Gasteiger partial charge in [-0.2, -0.15) is 0 Å². The Kier molecular flexibility index (Phi) is 5.69. The van der Waals surface area contributed by atoms with Gasteiger partial charge in [-0.1, -0.05) is 23.4 Å². The molecular formula is C23H25ClFN5O2S. The number of pyridine rings is 1. The van der Waals surface area contributed by atoms with Crippen LogP contribution in [0, 0.1) is 11.7 Å². The van der Waals surface area contributed by atoms with Crippen LogP contribution in [0.4, 0.5) is 10.1 Å². The maximum atomic E-state index is 15.1. The second-order valence-electron chi connectivity index (χ2n) is 9.56. The highest BCUT2D eigenvalue weighted by molar-refractivity contribution is 8.15. The number of thioether (sulfide) groups is 1. The summed E-state index contributed by atoms with van der Waals surface area (Å²) >= 11 is 7.06. The van der Waals surface area contributed by atoms with Crippen LogP contribution < -0.4 is 16.4 Å².